The van der Waals surface area contributed by atoms with Gasteiger partial charge in [-0.15, -0.1) is 0 Å². The molecule has 1 aliphatic heterocycles. The molecule has 222 valence electrons. The third kappa shape index (κ3) is 8.26. The number of aliphatic hydroxyl groups is 6. The van der Waals surface area contributed by atoms with Gasteiger partial charge in [0.1, 0.15) is 24.4 Å². The third-order valence-corrected chi connectivity index (χ3v) is 5.05. The van der Waals surface area contributed by atoms with Crippen LogP contribution in [0.1, 0.15) is 40.0 Å². The Labute approximate surface area is 218 Å². The van der Waals surface area contributed by atoms with Crippen molar-refractivity contribution < 1.29 is 93.5 Å². The van der Waals surface area contributed by atoms with E-state index in [1.807, 2.05) is 0 Å². The molecule has 19 heteroatoms. The molecule has 19 nitrogen and oxygen atoms in total. The van der Waals surface area contributed by atoms with Gasteiger partial charge in [-0.3, -0.25) is 0 Å². The summed E-state index contributed by atoms with van der Waals surface area (Å²) in [5.41, 5.74) is -3.89. The topological polar surface area (TPSA) is 288 Å². The largest absolute Gasteiger partial charge is 0.394 e. The second-order valence-corrected chi connectivity index (χ2v) is 8.13. The average Bonchev–Trinajstić information content (AvgIpc) is 2.85. The van der Waals surface area contributed by atoms with Gasteiger partial charge in [0.2, 0.25) is 5.79 Å². The highest BCUT2D eigenvalue weighted by Crippen LogP contribution is 2.42. The Kier molecular flexibility index (Phi) is 12.1. The van der Waals surface area contributed by atoms with Crippen LogP contribution in [0.25, 0.3) is 0 Å². The third-order valence-electron chi connectivity index (χ3n) is 5.05. The Morgan fingerprint density at radius 1 is 0.872 bits per heavy atom. The minimum atomic E-state index is -3.89. The Morgan fingerprint density at radius 3 is 1.92 bits per heavy atom. The Hall–Kier alpha value is -3.46. The van der Waals surface area contributed by atoms with Crippen LogP contribution in [0, 0.1) is 5.92 Å². The van der Waals surface area contributed by atoms with Crippen LogP contribution in [0.3, 0.4) is 0 Å². The molecule has 1 rings (SSSR count). The molecule has 39 heavy (non-hydrogen) atoms. The van der Waals surface area contributed by atoms with Gasteiger partial charge in [0.25, 0.3) is 0 Å². The van der Waals surface area contributed by atoms with E-state index in [4.69, 9.17) is 4.74 Å². The van der Waals surface area contributed by atoms with Crippen molar-refractivity contribution in [2.75, 3.05) is 6.61 Å². The van der Waals surface area contributed by atoms with E-state index in [1.54, 1.807) is 0 Å². The van der Waals surface area contributed by atoms with E-state index in [1.165, 1.54) is 6.92 Å². The summed E-state index contributed by atoms with van der Waals surface area (Å²) in [6, 6.07) is 0. The number of carbonyl (C=O) groups excluding carboxylic acids is 6. The number of rotatable bonds is 9. The van der Waals surface area contributed by atoms with E-state index in [-0.39, 0.29) is 12.8 Å². The van der Waals surface area contributed by atoms with E-state index in [0.29, 0.717) is 6.92 Å². The Balaban J connectivity index is 3.72. The first kappa shape index (κ1) is 33.6. The van der Waals surface area contributed by atoms with Gasteiger partial charge in [-0.2, -0.15) is 0 Å². The number of hydrogen-bond donors (Lipinski definition) is 6. The van der Waals surface area contributed by atoms with Crippen molar-refractivity contribution in [1.29, 1.82) is 0 Å². The predicted octanol–water partition coefficient (Wildman–Crippen LogP) is -4.27. The quantitative estimate of drug-likeness (QED) is 0.112. The molecule has 0 aromatic carbocycles. The molecule has 1 saturated heterocycles. The first-order chi connectivity index (χ1) is 18.0. The fraction of sp³-hybridized carbons (Fsp3) is 0.700. The van der Waals surface area contributed by atoms with E-state index in [9.17, 15) is 59.4 Å². The molecule has 0 amide bonds. The summed E-state index contributed by atoms with van der Waals surface area (Å²) in [5, 5.41) is 62.7. The predicted molar refractivity (Wildman–Crippen MR) is 111 cm³/mol. The molecule has 1 fully saturated rings. The summed E-state index contributed by atoms with van der Waals surface area (Å²) in [6.45, 7) is 1.81. The van der Waals surface area contributed by atoms with Crippen molar-refractivity contribution in [1.82, 2.24) is 0 Å². The average molecular weight is 572 g/mol. The van der Waals surface area contributed by atoms with E-state index >= 15 is 0 Å². The molecule has 1 heterocycles. The summed E-state index contributed by atoms with van der Waals surface area (Å²) in [4.78, 5) is 96.4. The highest BCUT2D eigenvalue weighted by Gasteiger charge is 2.69. The lowest BCUT2D eigenvalue weighted by Crippen LogP contribution is -2.73. The van der Waals surface area contributed by atoms with Crippen LogP contribution < -0.4 is 0 Å². The van der Waals surface area contributed by atoms with E-state index in [0.717, 1.165) is 6.92 Å². The molecule has 2 unspecified atom stereocenters. The lowest BCUT2D eigenvalue weighted by molar-refractivity contribution is -0.383. The van der Waals surface area contributed by atoms with Crippen LogP contribution in [0.2, 0.25) is 0 Å². The van der Waals surface area contributed by atoms with Crippen LogP contribution >= 0.6 is 0 Å². The lowest BCUT2D eigenvalue weighted by atomic mass is 9.73. The molecule has 0 aromatic rings. The van der Waals surface area contributed by atoms with Crippen molar-refractivity contribution in [3.05, 3.63) is 0 Å². The lowest BCUT2D eigenvalue weighted by Gasteiger charge is -2.49. The Bertz CT molecular complexity index is 932. The molecule has 0 bridgehead atoms. The van der Waals surface area contributed by atoms with Crippen LogP contribution in [0.15, 0.2) is 0 Å². The molecule has 0 saturated carbocycles. The zero-order valence-corrected chi connectivity index (χ0v) is 20.7. The zero-order chi connectivity index (χ0) is 30.1. The van der Waals surface area contributed by atoms with Crippen LogP contribution in [0.5, 0.6) is 0 Å². The summed E-state index contributed by atoms with van der Waals surface area (Å²) < 4.78 is 4.95. The number of carbonyl (C=O) groups is 6. The van der Waals surface area contributed by atoms with Crippen molar-refractivity contribution in [3.63, 3.8) is 0 Å². The van der Waals surface area contributed by atoms with Crippen molar-refractivity contribution in [2.45, 2.75) is 75.8 Å². The molecule has 1 aliphatic rings. The minimum Gasteiger partial charge on any atom is -0.394 e. The van der Waals surface area contributed by atoms with E-state index in [2.05, 4.69) is 29.3 Å². The first-order valence-electron chi connectivity index (χ1n) is 11.0. The first-order valence-corrected chi connectivity index (χ1v) is 11.0. The highest BCUT2D eigenvalue weighted by atomic mass is 17.2. The molecular weight excluding hydrogens is 544 g/mol. The SMILES string of the molecule is CCCC(=O)OOC(=O)C(C(O)(CC(=O)OOC(C)=O)C(=O)OOC(C)=O)[C@]1(O)O[C@H](CO)[C@@H](O)[C@H](O)[C@H]1O. The fourth-order valence-electron chi connectivity index (χ4n) is 3.32. The number of hydrogen-bond acceptors (Lipinski definition) is 19. The van der Waals surface area contributed by atoms with Gasteiger partial charge in [-0.1, -0.05) is 6.92 Å². The van der Waals surface area contributed by atoms with Gasteiger partial charge in [-0.05, 0) is 6.42 Å². The maximum Gasteiger partial charge on any atom is 0.388 e. The van der Waals surface area contributed by atoms with Gasteiger partial charge >= 0.3 is 35.8 Å². The summed E-state index contributed by atoms with van der Waals surface area (Å²) in [5.74, 6) is -16.9. The van der Waals surface area contributed by atoms with Crippen LogP contribution in [-0.4, -0.2) is 109 Å². The maximum absolute atomic E-state index is 13.1. The molecule has 0 aromatic heterocycles. The van der Waals surface area contributed by atoms with Gasteiger partial charge in [0.05, 0.1) is 13.0 Å². The minimum absolute atomic E-state index is 0.189. The van der Waals surface area contributed by atoms with Gasteiger partial charge in [-0.25, -0.2) is 58.1 Å². The molecule has 6 N–H and O–H groups in total. The highest BCUT2D eigenvalue weighted by molar-refractivity contribution is 5.92. The summed E-state index contributed by atoms with van der Waals surface area (Å²) >= 11 is 0. The van der Waals surface area contributed by atoms with Gasteiger partial charge in [0, 0.05) is 20.3 Å². The van der Waals surface area contributed by atoms with Crippen LogP contribution in [-0.2, 0) is 62.8 Å². The molecule has 0 spiro atoms. The molecular formula is C20H28O19. The second kappa shape index (κ2) is 14.1. The second-order valence-electron chi connectivity index (χ2n) is 8.13. The van der Waals surface area contributed by atoms with Gasteiger partial charge in [0.15, 0.2) is 11.5 Å². The fourth-order valence-corrected chi connectivity index (χ4v) is 3.32. The van der Waals surface area contributed by atoms with Crippen LogP contribution in [0.4, 0.5) is 0 Å². The monoisotopic (exact) mass is 572 g/mol. The normalized spacial score (nSPS) is 26.7. The van der Waals surface area contributed by atoms with Crippen molar-refractivity contribution in [3.8, 4) is 0 Å². The van der Waals surface area contributed by atoms with Gasteiger partial charge < -0.3 is 35.4 Å². The van der Waals surface area contributed by atoms with E-state index < -0.39 is 90.6 Å². The number of ether oxygens (including phenoxy) is 1. The molecule has 7 atom stereocenters. The number of aliphatic hydroxyl groups excluding tert-OH is 4. The Morgan fingerprint density at radius 2 is 1.41 bits per heavy atom. The zero-order valence-electron chi connectivity index (χ0n) is 20.7. The molecule has 0 radical (unpaired) electrons. The standard InChI is InChI=1S/C20H28O19/c1-4-5-11(24)36-38-17(29)15(20(32)16(28)14(27)13(26)10(7-21)33-20)19(31,18(30)39-35-9(3)23)6-12(25)37-34-8(2)22/h10,13-16,21,26-28,31-32H,4-7H2,1-3H3/t10-,13-,14+,15?,16-,19?,20+/m1/s1. The van der Waals surface area contributed by atoms with Crippen molar-refractivity contribution >= 4 is 35.8 Å². The smallest absolute Gasteiger partial charge is 0.388 e. The van der Waals surface area contributed by atoms with Crippen molar-refractivity contribution in [2.24, 2.45) is 5.92 Å². The summed E-state index contributed by atoms with van der Waals surface area (Å²) in [7, 11) is 0. The molecule has 0 aliphatic carbocycles. The summed E-state index contributed by atoms with van der Waals surface area (Å²) in [6.07, 6.45) is -11.4. The maximum atomic E-state index is 13.1.